The Labute approximate surface area is 185 Å². The van der Waals surface area contributed by atoms with E-state index in [0.29, 0.717) is 11.9 Å². The summed E-state index contributed by atoms with van der Waals surface area (Å²) in [6, 6.07) is 8.66. The first-order chi connectivity index (χ1) is 15.0. The molecule has 2 saturated heterocycles. The minimum absolute atomic E-state index is 0.155. The van der Waals surface area contributed by atoms with Crippen molar-refractivity contribution in [2.24, 2.45) is 11.3 Å². The number of carbonyl (C=O) groups excluding carboxylic acids is 1. The lowest BCUT2D eigenvalue weighted by atomic mass is 9.75. The van der Waals surface area contributed by atoms with Crippen LogP contribution in [-0.2, 0) is 11.3 Å². The zero-order chi connectivity index (χ0) is 21.6. The number of nitrogens with zero attached hydrogens (tertiary/aromatic N) is 4. The van der Waals surface area contributed by atoms with Gasteiger partial charge in [0.1, 0.15) is 5.75 Å². The molecule has 1 aliphatic carbocycles. The Morgan fingerprint density at radius 3 is 2.65 bits per heavy atom. The first kappa shape index (κ1) is 20.6. The SMILES string of the molecule is COc1ccc(CN2CC(c3cn(C(C)C)cn3)C3(CCN(CC4CC4)C3=O)C2)cc1. The number of hydrogen-bond donors (Lipinski definition) is 0. The summed E-state index contributed by atoms with van der Waals surface area (Å²) in [6.07, 6.45) is 7.61. The second-order valence-corrected chi connectivity index (χ2v) is 10.0. The highest BCUT2D eigenvalue weighted by Crippen LogP contribution is 2.50. The quantitative estimate of drug-likeness (QED) is 0.683. The van der Waals surface area contributed by atoms with Crippen LogP contribution in [0.2, 0.25) is 0 Å². The van der Waals surface area contributed by atoms with Gasteiger partial charge in [-0.15, -0.1) is 0 Å². The van der Waals surface area contributed by atoms with Crippen molar-refractivity contribution in [3.05, 3.63) is 48.0 Å². The van der Waals surface area contributed by atoms with Gasteiger partial charge in [0.05, 0.1) is 24.5 Å². The minimum atomic E-state index is -0.336. The van der Waals surface area contributed by atoms with Gasteiger partial charge in [-0.3, -0.25) is 9.69 Å². The number of carbonyl (C=O) groups is 1. The molecule has 0 radical (unpaired) electrons. The summed E-state index contributed by atoms with van der Waals surface area (Å²) in [5, 5.41) is 0. The van der Waals surface area contributed by atoms with E-state index in [1.54, 1.807) is 7.11 Å². The molecule has 166 valence electrons. The molecule has 1 aromatic carbocycles. The van der Waals surface area contributed by atoms with Gasteiger partial charge in [0, 0.05) is 50.9 Å². The van der Waals surface area contributed by atoms with Crippen LogP contribution in [0.4, 0.5) is 0 Å². The first-order valence-corrected chi connectivity index (χ1v) is 11.7. The lowest BCUT2D eigenvalue weighted by molar-refractivity contribution is -0.136. The van der Waals surface area contributed by atoms with E-state index in [0.717, 1.165) is 56.5 Å². The summed E-state index contributed by atoms with van der Waals surface area (Å²) >= 11 is 0. The molecule has 1 amide bonds. The number of benzene rings is 1. The monoisotopic (exact) mass is 422 g/mol. The van der Waals surface area contributed by atoms with E-state index in [1.165, 1.54) is 18.4 Å². The highest BCUT2D eigenvalue weighted by Gasteiger charge is 2.58. The first-order valence-electron chi connectivity index (χ1n) is 11.7. The largest absolute Gasteiger partial charge is 0.497 e. The van der Waals surface area contributed by atoms with Gasteiger partial charge in [0.25, 0.3) is 0 Å². The van der Waals surface area contributed by atoms with Gasteiger partial charge in [0.2, 0.25) is 5.91 Å². The van der Waals surface area contributed by atoms with Crippen LogP contribution in [-0.4, -0.2) is 58.5 Å². The smallest absolute Gasteiger partial charge is 0.230 e. The van der Waals surface area contributed by atoms with Crippen LogP contribution in [0.5, 0.6) is 5.75 Å². The van der Waals surface area contributed by atoms with Crippen LogP contribution < -0.4 is 4.74 Å². The highest BCUT2D eigenvalue weighted by atomic mass is 16.5. The fraction of sp³-hybridized carbons (Fsp3) is 0.600. The molecule has 6 nitrogen and oxygen atoms in total. The van der Waals surface area contributed by atoms with E-state index in [4.69, 9.17) is 9.72 Å². The molecule has 31 heavy (non-hydrogen) atoms. The summed E-state index contributed by atoms with van der Waals surface area (Å²) in [5.74, 6) is 2.12. The molecule has 6 heteroatoms. The Morgan fingerprint density at radius 2 is 2.00 bits per heavy atom. The van der Waals surface area contributed by atoms with Gasteiger partial charge in [-0.05, 0) is 56.7 Å². The number of rotatable bonds is 7. The third-order valence-corrected chi connectivity index (χ3v) is 7.47. The van der Waals surface area contributed by atoms with E-state index in [-0.39, 0.29) is 11.3 Å². The third-order valence-electron chi connectivity index (χ3n) is 7.47. The number of amides is 1. The summed E-state index contributed by atoms with van der Waals surface area (Å²) in [4.78, 5) is 23.1. The molecule has 0 bridgehead atoms. The second kappa shape index (κ2) is 7.97. The van der Waals surface area contributed by atoms with E-state index in [9.17, 15) is 4.79 Å². The van der Waals surface area contributed by atoms with Crippen LogP contribution >= 0.6 is 0 Å². The van der Waals surface area contributed by atoms with Crippen LogP contribution in [0.15, 0.2) is 36.8 Å². The topological polar surface area (TPSA) is 50.6 Å². The zero-order valence-electron chi connectivity index (χ0n) is 19.0. The Hall–Kier alpha value is -2.34. The fourth-order valence-electron chi connectivity index (χ4n) is 5.42. The molecule has 2 atom stereocenters. The van der Waals surface area contributed by atoms with Crippen molar-refractivity contribution >= 4 is 5.91 Å². The van der Waals surface area contributed by atoms with Crippen molar-refractivity contribution in [1.29, 1.82) is 0 Å². The number of hydrogen-bond acceptors (Lipinski definition) is 4. The lowest BCUT2D eigenvalue weighted by Crippen LogP contribution is -2.40. The molecular weight excluding hydrogens is 388 g/mol. The zero-order valence-corrected chi connectivity index (χ0v) is 19.0. The van der Waals surface area contributed by atoms with Gasteiger partial charge in [-0.2, -0.15) is 0 Å². The maximum Gasteiger partial charge on any atom is 0.230 e. The van der Waals surface area contributed by atoms with Gasteiger partial charge < -0.3 is 14.2 Å². The maximum absolute atomic E-state index is 13.7. The van der Waals surface area contributed by atoms with Crippen LogP contribution in [0, 0.1) is 11.3 Å². The molecule has 2 aliphatic heterocycles. The van der Waals surface area contributed by atoms with Crippen molar-refractivity contribution in [1.82, 2.24) is 19.4 Å². The summed E-state index contributed by atoms with van der Waals surface area (Å²) in [5.41, 5.74) is 1.99. The Kier molecular flexibility index (Phi) is 5.29. The molecule has 0 N–H and O–H groups in total. The average Bonchev–Trinajstić information content (AvgIpc) is 3.19. The van der Waals surface area contributed by atoms with E-state index >= 15 is 0 Å². The molecule has 2 aromatic rings. The second-order valence-electron chi connectivity index (χ2n) is 10.0. The van der Waals surface area contributed by atoms with Crippen LogP contribution in [0.3, 0.4) is 0 Å². The summed E-state index contributed by atoms with van der Waals surface area (Å²) in [6.45, 7) is 8.73. The van der Waals surface area contributed by atoms with Gasteiger partial charge >= 0.3 is 0 Å². The van der Waals surface area contributed by atoms with Gasteiger partial charge in [-0.25, -0.2) is 4.98 Å². The number of methoxy groups -OCH3 is 1. The number of aromatic nitrogens is 2. The van der Waals surface area contributed by atoms with Crippen molar-refractivity contribution in [3.63, 3.8) is 0 Å². The molecule has 2 unspecified atom stereocenters. The maximum atomic E-state index is 13.7. The van der Waals surface area contributed by atoms with Gasteiger partial charge in [0.15, 0.2) is 0 Å². The lowest BCUT2D eigenvalue weighted by Gasteiger charge is -2.28. The highest BCUT2D eigenvalue weighted by molar-refractivity contribution is 5.87. The summed E-state index contributed by atoms with van der Waals surface area (Å²) in [7, 11) is 1.69. The van der Waals surface area contributed by atoms with Crippen LogP contribution in [0.1, 0.15) is 56.3 Å². The Morgan fingerprint density at radius 1 is 1.23 bits per heavy atom. The number of imidazole rings is 1. The molecule has 1 spiro atoms. The summed E-state index contributed by atoms with van der Waals surface area (Å²) < 4.78 is 7.46. The van der Waals surface area contributed by atoms with Crippen molar-refractivity contribution < 1.29 is 9.53 Å². The van der Waals surface area contributed by atoms with Crippen molar-refractivity contribution in [3.8, 4) is 5.75 Å². The Bertz CT molecular complexity index is 933. The number of ether oxygens (including phenoxy) is 1. The molecular formula is C25H34N4O2. The van der Waals surface area contributed by atoms with E-state index < -0.39 is 0 Å². The number of likely N-dealkylation sites (tertiary alicyclic amines) is 2. The molecule has 3 heterocycles. The normalized spacial score (nSPS) is 26.5. The van der Waals surface area contributed by atoms with Gasteiger partial charge in [-0.1, -0.05) is 12.1 Å². The van der Waals surface area contributed by atoms with E-state index in [2.05, 4.69) is 46.5 Å². The Balaban J connectivity index is 1.40. The average molecular weight is 423 g/mol. The molecule has 3 fully saturated rings. The molecule has 5 rings (SSSR count). The van der Waals surface area contributed by atoms with Crippen molar-refractivity contribution in [2.75, 3.05) is 33.3 Å². The molecule has 1 aromatic heterocycles. The van der Waals surface area contributed by atoms with Crippen molar-refractivity contribution in [2.45, 2.75) is 51.6 Å². The fourth-order valence-corrected chi connectivity index (χ4v) is 5.42. The minimum Gasteiger partial charge on any atom is -0.497 e. The predicted molar refractivity (Wildman–Crippen MR) is 120 cm³/mol. The third kappa shape index (κ3) is 3.86. The molecule has 3 aliphatic rings. The predicted octanol–water partition coefficient (Wildman–Crippen LogP) is 3.70. The van der Waals surface area contributed by atoms with Crippen LogP contribution in [0.25, 0.3) is 0 Å². The standard InChI is InChI=1S/C25H34N4O2/c1-18(2)29-15-23(26-17-29)22-14-27(12-19-6-8-21(31-3)9-7-19)16-25(22)10-11-28(24(25)30)13-20-4-5-20/h6-9,15,17-18,20,22H,4-5,10-14,16H2,1-3H3. The van der Waals surface area contributed by atoms with E-state index in [1.807, 2.05) is 18.5 Å². The molecule has 1 saturated carbocycles.